The number of benzene rings is 1. The predicted octanol–water partition coefficient (Wildman–Crippen LogP) is 1.48. The van der Waals surface area contributed by atoms with Crippen LogP contribution in [0.2, 0.25) is 0 Å². The second-order valence-electron chi connectivity index (χ2n) is 6.24. The van der Waals surface area contributed by atoms with Crippen LogP contribution in [0.1, 0.15) is 12.8 Å². The van der Waals surface area contributed by atoms with Crippen LogP contribution in [0, 0.1) is 0 Å². The number of hydrogen-bond acceptors (Lipinski definition) is 6. The number of imide groups is 1. The summed E-state index contributed by atoms with van der Waals surface area (Å²) in [5, 5.41) is 1.87. The van der Waals surface area contributed by atoms with Crippen molar-refractivity contribution >= 4 is 34.5 Å². The van der Waals surface area contributed by atoms with Crippen molar-refractivity contribution in [3.63, 3.8) is 0 Å². The maximum atomic E-state index is 12.5. The van der Waals surface area contributed by atoms with Gasteiger partial charge in [0.05, 0.1) is 18.9 Å². The molecule has 7 nitrogen and oxygen atoms in total. The third-order valence-corrected chi connectivity index (χ3v) is 5.42. The molecule has 0 saturated carbocycles. The van der Waals surface area contributed by atoms with Gasteiger partial charge in [0.15, 0.2) is 0 Å². The Morgan fingerprint density at radius 2 is 1.92 bits per heavy atom. The zero-order chi connectivity index (χ0) is 18.4. The molecule has 26 heavy (non-hydrogen) atoms. The smallest absolute Gasteiger partial charge is 0.293 e. The van der Waals surface area contributed by atoms with Crippen LogP contribution in [0.15, 0.2) is 30.3 Å². The van der Waals surface area contributed by atoms with Gasteiger partial charge in [0.25, 0.3) is 5.24 Å². The molecule has 2 fully saturated rings. The van der Waals surface area contributed by atoms with E-state index in [1.807, 2.05) is 6.07 Å². The Morgan fingerprint density at radius 3 is 2.65 bits per heavy atom. The number of nitrogens with zero attached hydrogens (tertiary/aromatic N) is 2. The number of amides is 3. The first-order chi connectivity index (χ1) is 12.6. The highest BCUT2D eigenvalue weighted by Gasteiger charge is 2.41. The van der Waals surface area contributed by atoms with Crippen molar-refractivity contribution in [2.75, 3.05) is 44.3 Å². The average Bonchev–Trinajstić information content (AvgIpc) is 2.93. The van der Waals surface area contributed by atoms with Gasteiger partial charge in [0.1, 0.15) is 5.25 Å². The minimum atomic E-state index is -0.651. The Morgan fingerprint density at radius 1 is 1.19 bits per heavy atom. The van der Waals surface area contributed by atoms with E-state index >= 15 is 0 Å². The molecule has 2 saturated heterocycles. The number of para-hydroxylation sites is 1. The number of thioether (sulfide) groups is 1. The number of morpholine rings is 1. The lowest BCUT2D eigenvalue weighted by Gasteiger charge is -2.26. The van der Waals surface area contributed by atoms with E-state index in [1.165, 1.54) is 0 Å². The van der Waals surface area contributed by atoms with Crippen molar-refractivity contribution < 1.29 is 19.1 Å². The van der Waals surface area contributed by atoms with Gasteiger partial charge >= 0.3 is 0 Å². The van der Waals surface area contributed by atoms with Crippen molar-refractivity contribution in [3.05, 3.63) is 30.3 Å². The minimum absolute atomic E-state index is 0.0239. The molecule has 3 amide bonds. The molecule has 8 heteroatoms. The van der Waals surface area contributed by atoms with Crippen molar-refractivity contribution in [3.8, 4) is 0 Å². The predicted molar refractivity (Wildman–Crippen MR) is 100 cm³/mol. The van der Waals surface area contributed by atoms with E-state index in [-0.39, 0.29) is 23.5 Å². The van der Waals surface area contributed by atoms with Crippen LogP contribution in [0.25, 0.3) is 0 Å². The van der Waals surface area contributed by atoms with Gasteiger partial charge in [-0.1, -0.05) is 18.2 Å². The van der Waals surface area contributed by atoms with Crippen LogP contribution in [0.3, 0.4) is 0 Å². The third-order valence-electron chi connectivity index (χ3n) is 4.38. The number of hydrogen-bond donors (Lipinski definition) is 1. The quantitative estimate of drug-likeness (QED) is 0.725. The van der Waals surface area contributed by atoms with E-state index in [0.29, 0.717) is 12.2 Å². The molecule has 140 valence electrons. The third kappa shape index (κ3) is 4.84. The van der Waals surface area contributed by atoms with Crippen LogP contribution in [-0.4, -0.2) is 66.6 Å². The van der Waals surface area contributed by atoms with Gasteiger partial charge in [-0.05, 0) is 36.9 Å². The summed E-state index contributed by atoms with van der Waals surface area (Å²) in [7, 11) is 0. The first kappa shape index (κ1) is 18.9. The highest BCUT2D eigenvalue weighted by Crippen LogP contribution is 2.33. The van der Waals surface area contributed by atoms with Gasteiger partial charge in [0.2, 0.25) is 11.8 Å². The molecule has 0 aromatic heterocycles. The summed E-state index contributed by atoms with van der Waals surface area (Å²) in [6, 6.07) is 8.79. The highest BCUT2D eigenvalue weighted by molar-refractivity contribution is 8.15. The SMILES string of the molecule is O=C(CC1SC(=O)N(c2ccccc2)C1=O)NCCCN1CCOCC1. The number of nitrogens with one attached hydrogen (secondary N) is 1. The van der Waals surface area contributed by atoms with E-state index < -0.39 is 5.25 Å². The summed E-state index contributed by atoms with van der Waals surface area (Å²) in [4.78, 5) is 40.2. The molecular formula is C18H23N3O4S. The van der Waals surface area contributed by atoms with E-state index in [2.05, 4.69) is 10.2 Å². The van der Waals surface area contributed by atoms with Crippen LogP contribution in [-0.2, 0) is 14.3 Å². The number of carbonyl (C=O) groups is 3. The topological polar surface area (TPSA) is 79.0 Å². The number of ether oxygens (including phenoxy) is 1. The van der Waals surface area contributed by atoms with E-state index in [1.54, 1.807) is 24.3 Å². The summed E-state index contributed by atoms with van der Waals surface area (Å²) in [5.74, 6) is -0.518. The molecule has 2 aliphatic heterocycles. The lowest BCUT2D eigenvalue weighted by atomic mass is 10.2. The Hall–Kier alpha value is -1.90. The lowest BCUT2D eigenvalue weighted by Crippen LogP contribution is -2.38. The summed E-state index contributed by atoms with van der Waals surface area (Å²) in [6.07, 6.45) is 0.878. The monoisotopic (exact) mass is 377 g/mol. The van der Waals surface area contributed by atoms with Gasteiger partial charge in [-0.15, -0.1) is 0 Å². The molecule has 1 aromatic rings. The molecule has 1 unspecified atom stereocenters. The molecule has 1 N–H and O–H groups in total. The van der Waals surface area contributed by atoms with E-state index in [4.69, 9.17) is 4.74 Å². The van der Waals surface area contributed by atoms with Crippen molar-refractivity contribution in [1.29, 1.82) is 0 Å². The Bertz CT molecular complexity index is 649. The standard InChI is InChI=1S/C18H23N3O4S/c22-16(19-7-4-8-20-9-11-25-12-10-20)13-15-17(23)21(18(24)26-15)14-5-2-1-3-6-14/h1-3,5-6,15H,4,7-13H2,(H,19,22). The van der Waals surface area contributed by atoms with Gasteiger partial charge in [-0.25, -0.2) is 4.90 Å². The van der Waals surface area contributed by atoms with E-state index in [0.717, 1.165) is 55.9 Å². The van der Waals surface area contributed by atoms with Crippen LogP contribution in [0.5, 0.6) is 0 Å². The van der Waals surface area contributed by atoms with Gasteiger partial charge in [0, 0.05) is 26.1 Å². The largest absolute Gasteiger partial charge is 0.379 e. The molecule has 0 radical (unpaired) electrons. The fourth-order valence-corrected chi connectivity index (χ4v) is 3.98. The van der Waals surface area contributed by atoms with Crippen LogP contribution < -0.4 is 10.2 Å². The summed E-state index contributed by atoms with van der Waals surface area (Å²) in [6.45, 7) is 4.87. The fraction of sp³-hybridized carbons (Fsp3) is 0.500. The second kappa shape index (κ2) is 9.16. The molecule has 3 rings (SSSR count). The Kier molecular flexibility index (Phi) is 6.65. The minimum Gasteiger partial charge on any atom is -0.379 e. The normalized spacial score (nSPS) is 21.2. The van der Waals surface area contributed by atoms with Crippen molar-refractivity contribution in [2.24, 2.45) is 0 Å². The van der Waals surface area contributed by atoms with Crippen LogP contribution >= 0.6 is 11.8 Å². The Balaban J connectivity index is 1.41. The highest BCUT2D eigenvalue weighted by atomic mass is 32.2. The molecule has 0 aliphatic carbocycles. The molecule has 2 aliphatic rings. The molecule has 0 bridgehead atoms. The van der Waals surface area contributed by atoms with E-state index in [9.17, 15) is 14.4 Å². The number of anilines is 1. The maximum absolute atomic E-state index is 12.5. The molecule has 1 aromatic carbocycles. The zero-order valence-corrected chi connectivity index (χ0v) is 15.4. The molecule has 0 spiro atoms. The van der Waals surface area contributed by atoms with Gasteiger partial charge in [-0.2, -0.15) is 0 Å². The summed E-state index contributed by atoms with van der Waals surface area (Å²) >= 11 is 0.921. The maximum Gasteiger partial charge on any atom is 0.293 e. The average molecular weight is 377 g/mol. The fourth-order valence-electron chi connectivity index (χ4n) is 2.99. The number of rotatable bonds is 7. The van der Waals surface area contributed by atoms with Crippen molar-refractivity contribution in [2.45, 2.75) is 18.1 Å². The summed E-state index contributed by atoms with van der Waals surface area (Å²) in [5.41, 5.74) is 0.545. The van der Waals surface area contributed by atoms with Crippen LogP contribution in [0.4, 0.5) is 10.5 Å². The molecule has 2 heterocycles. The molecular weight excluding hydrogens is 354 g/mol. The van der Waals surface area contributed by atoms with Gasteiger partial charge in [-0.3, -0.25) is 19.3 Å². The zero-order valence-electron chi connectivity index (χ0n) is 14.6. The molecule has 1 atom stereocenters. The first-order valence-corrected chi connectivity index (χ1v) is 9.69. The first-order valence-electron chi connectivity index (χ1n) is 8.81. The number of carbonyl (C=O) groups excluding carboxylic acids is 3. The summed E-state index contributed by atoms with van der Waals surface area (Å²) < 4.78 is 5.30. The van der Waals surface area contributed by atoms with Gasteiger partial charge < -0.3 is 10.1 Å². The second-order valence-corrected chi connectivity index (χ2v) is 7.40. The Labute approximate surface area is 157 Å². The lowest BCUT2D eigenvalue weighted by molar-refractivity contribution is -0.124. The van der Waals surface area contributed by atoms with Crippen molar-refractivity contribution in [1.82, 2.24) is 10.2 Å².